The molecule has 9 heteroatoms. The molecule has 3 aliphatic rings. The van der Waals surface area contributed by atoms with Crippen LogP contribution in [0, 0.1) is 5.92 Å². The first-order valence-corrected chi connectivity index (χ1v) is 15.9. The summed E-state index contributed by atoms with van der Waals surface area (Å²) >= 11 is 1.74. The van der Waals surface area contributed by atoms with Crippen molar-refractivity contribution in [3.63, 3.8) is 0 Å². The number of amides is 1. The molecule has 8 nitrogen and oxygen atoms in total. The normalized spacial score (nSPS) is 18.7. The number of thioether (sulfide) groups is 1. The summed E-state index contributed by atoms with van der Waals surface area (Å²) in [5, 5.41) is 10.5. The number of carboxylic acids is 1. The van der Waals surface area contributed by atoms with Gasteiger partial charge in [-0.1, -0.05) is 73.5 Å². The van der Waals surface area contributed by atoms with Gasteiger partial charge in [0.05, 0.1) is 35.3 Å². The van der Waals surface area contributed by atoms with Gasteiger partial charge in [-0.15, -0.1) is 0 Å². The van der Waals surface area contributed by atoms with Crippen molar-refractivity contribution in [2.45, 2.75) is 74.9 Å². The smallest absolute Gasteiger partial charge is 0.310 e. The van der Waals surface area contributed by atoms with Crippen LogP contribution in [0.5, 0.6) is 0 Å². The van der Waals surface area contributed by atoms with Crippen LogP contribution in [0.4, 0.5) is 0 Å². The van der Waals surface area contributed by atoms with Gasteiger partial charge in [0.15, 0.2) is 5.16 Å². The van der Waals surface area contributed by atoms with E-state index in [-0.39, 0.29) is 17.4 Å². The molecule has 1 aromatic heterocycles. The number of carboxylic acid groups (broad SMARTS) is 1. The number of rotatable bonds is 8. The van der Waals surface area contributed by atoms with Crippen molar-refractivity contribution in [3.8, 4) is 5.69 Å². The molecule has 0 bridgehead atoms. The second kappa shape index (κ2) is 12.4. The minimum atomic E-state index is -0.833. The van der Waals surface area contributed by atoms with Gasteiger partial charge in [0.25, 0.3) is 5.56 Å². The molecule has 0 radical (unpaired) electrons. The molecule has 2 aliphatic heterocycles. The number of likely N-dealkylation sites (tertiary alicyclic amines) is 1. The Kier molecular flexibility index (Phi) is 8.49. The summed E-state index contributed by atoms with van der Waals surface area (Å²) in [6, 6.07) is 17.4. The van der Waals surface area contributed by atoms with Crippen molar-refractivity contribution in [1.29, 1.82) is 0 Å². The Morgan fingerprint density at radius 2 is 1.74 bits per heavy atom. The number of para-hydroxylation sites is 1. The number of carbonyl (C=O) groups is 2. The predicted octanol–water partition coefficient (Wildman–Crippen LogP) is 4.86. The summed E-state index contributed by atoms with van der Waals surface area (Å²) in [6.07, 6.45) is 6.65. The number of carbonyl (C=O) groups excluding carboxylic acids is 1. The lowest BCUT2D eigenvalue weighted by Gasteiger charge is -2.41. The molecule has 1 unspecified atom stereocenters. The van der Waals surface area contributed by atoms with Gasteiger partial charge in [-0.25, -0.2) is 4.98 Å². The molecule has 3 aromatic rings. The van der Waals surface area contributed by atoms with Gasteiger partial charge < -0.3 is 10.0 Å². The van der Waals surface area contributed by atoms with Crippen molar-refractivity contribution < 1.29 is 14.7 Å². The maximum absolute atomic E-state index is 14.0. The van der Waals surface area contributed by atoms with Crippen LogP contribution >= 0.6 is 11.8 Å². The van der Waals surface area contributed by atoms with E-state index < -0.39 is 11.9 Å². The molecule has 1 N–H and O–H groups in total. The maximum atomic E-state index is 14.0. The van der Waals surface area contributed by atoms with Gasteiger partial charge in [0.1, 0.15) is 0 Å². The molecule has 220 valence electrons. The summed E-state index contributed by atoms with van der Waals surface area (Å²) < 4.78 is 1.76. The number of aromatic nitrogens is 2. The van der Waals surface area contributed by atoms with Crippen LogP contribution in [-0.2, 0) is 29.1 Å². The van der Waals surface area contributed by atoms with Crippen molar-refractivity contribution in [2.75, 3.05) is 19.6 Å². The number of hydrogen-bond acceptors (Lipinski definition) is 6. The molecule has 1 aliphatic carbocycles. The number of benzene rings is 2. The van der Waals surface area contributed by atoms with E-state index in [0.717, 1.165) is 47.1 Å². The molecule has 2 fully saturated rings. The van der Waals surface area contributed by atoms with Crippen molar-refractivity contribution in [1.82, 2.24) is 19.4 Å². The largest absolute Gasteiger partial charge is 0.481 e. The average Bonchev–Trinajstić information content (AvgIpc) is 2.99. The van der Waals surface area contributed by atoms with E-state index >= 15 is 0 Å². The van der Waals surface area contributed by atoms with Gasteiger partial charge in [-0.2, -0.15) is 0 Å². The highest BCUT2D eigenvalue weighted by molar-refractivity contribution is 7.99. The van der Waals surface area contributed by atoms with Gasteiger partial charge in [0, 0.05) is 37.8 Å². The monoisotopic (exact) mass is 586 g/mol. The lowest BCUT2D eigenvalue weighted by atomic mass is 9.95. The van der Waals surface area contributed by atoms with E-state index in [1.807, 2.05) is 59.5 Å². The number of aliphatic carboxylic acids is 1. The van der Waals surface area contributed by atoms with E-state index in [0.29, 0.717) is 43.4 Å². The van der Waals surface area contributed by atoms with E-state index in [4.69, 9.17) is 4.98 Å². The molecule has 3 heterocycles. The average molecular weight is 587 g/mol. The van der Waals surface area contributed by atoms with E-state index in [1.165, 1.54) is 19.3 Å². The first kappa shape index (κ1) is 28.7. The Bertz CT molecular complexity index is 1490. The molecule has 1 saturated heterocycles. The molecule has 2 aromatic carbocycles. The highest BCUT2D eigenvalue weighted by Gasteiger charge is 2.37. The Hall–Kier alpha value is -3.43. The topological polar surface area (TPSA) is 95.7 Å². The van der Waals surface area contributed by atoms with Crippen LogP contribution in [-0.4, -0.2) is 61.2 Å². The van der Waals surface area contributed by atoms with Crippen molar-refractivity contribution in [3.05, 3.63) is 87.3 Å². The second-order valence-corrected chi connectivity index (χ2v) is 13.1. The Morgan fingerprint density at radius 3 is 2.43 bits per heavy atom. The molecule has 6 rings (SSSR count). The third-order valence-corrected chi connectivity index (χ3v) is 10.2. The third kappa shape index (κ3) is 6.03. The van der Waals surface area contributed by atoms with Crippen molar-refractivity contribution in [2.24, 2.45) is 5.92 Å². The molecular formula is C33H38N4O4S. The summed E-state index contributed by atoms with van der Waals surface area (Å²) in [5.41, 5.74) is 4.12. The predicted molar refractivity (Wildman–Crippen MR) is 163 cm³/mol. The minimum Gasteiger partial charge on any atom is -0.481 e. The van der Waals surface area contributed by atoms with Crippen molar-refractivity contribution >= 4 is 23.6 Å². The Morgan fingerprint density at radius 1 is 1.02 bits per heavy atom. The summed E-state index contributed by atoms with van der Waals surface area (Å²) in [6.45, 7) is 4.66. The molecular weight excluding hydrogens is 548 g/mol. The summed E-state index contributed by atoms with van der Waals surface area (Å²) in [5.74, 6) is -1.34. The third-order valence-electron chi connectivity index (χ3n) is 8.91. The molecule has 1 atom stereocenters. The molecule has 42 heavy (non-hydrogen) atoms. The fraction of sp³-hybridized carbons (Fsp3) is 0.455. The SMILES string of the molecule is CC(C(=O)O)c1ccc(CN2CC(C(=O)N3CCc4nc(SC5CCCCC5)n(-c5ccccc5)c(=O)c4C3)C2)cc1. The molecule has 1 amide bonds. The van der Waals surface area contributed by atoms with Gasteiger partial charge in [-0.3, -0.25) is 23.9 Å². The first-order chi connectivity index (χ1) is 20.4. The Labute approximate surface area is 250 Å². The van der Waals surface area contributed by atoms with Crippen LogP contribution in [0.3, 0.4) is 0 Å². The number of fused-ring (bicyclic) bond motifs is 1. The quantitative estimate of drug-likeness (QED) is 0.377. The van der Waals surface area contributed by atoms with E-state index in [9.17, 15) is 19.5 Å². The zero-order chi connectivity index (χ0) is 29.2. The van der Waals surface area contributed by atoms with Gasteiger partial charge >= 0.3 is 5.97 Å². The highest BCUT2D eigenvalue weighted by atomic mass is 32.2. The minimum absolute atomic E-state index is 0.0575. The molecule has 1 saturated carbocycles. The second-order valence-electron chi connectivity index (χ2n) is 11.9. The Balaban J connectivity index is 1.13. The highest BCUT2D eigenvalue weighted by Crippen LogP contribution is 2.34. The number of nitrogens with zero attached hydrogens (tertiary/aromatic N) is 4. The zero-order valence-electron chi connectivity index (χ0n) is 24.1. The van der Waals surface area contributed by atoms with Gasteiger partial charge in [0.2, 0.25) is 5.91 Å². The number of hydrogen-bond donors (Lipinski definition) is 1. The van der Waals surface area contributed by atoms with Crippen LogP contribution in [0.2, 0.25) is 0 Å². The van der Waals surface area contributed by atoms with Crippen LogP contribution < -0.4 is 5.56 Å². The summed E-state index contributed by atoms with van der Waals surface area (Å²) in [4.78, 5) is 47.8. The fourth-order valence-electron chi connectivity index (χ4n) is 6.28. The first-order valence-electron chi connectivity index (χ1n) is 15.1. The van der Waals surface area contributed by atoms with Crippen LogP contribution in [0.1, 0.15) is 67.3 Å². The standard InChI is InChI=1S/C33H38N4O4S/c1-22(32(40)41)24-14-12-23(13-15-24)18-35-19-25(20-35)30(38)36-17-16-29-28(21-36)31(39)37(26-8-4-2-5-9-26)33(34-29)42-27-10-6-3-7-11-27/h2,4-5,8-9,12-15,22,25,27H,3,6-7,10-11,16-21H2,1H3,(H,40,41). The molecule has 0 spiro atoms. The van der Waals surface area contributed by atoms with Crippen LogP contribution in [0.25, 0.3) is 5.69 Å². The zero-order valence-corrected chi connectivity index (χ0v) is 24.9. The van der Waals surface area contributed by atoms with Gasteiger partial charge in [-0.05, 0) is 43.0 Å². The lowest BCUT2D eigenvalue weighted by molar-refractivity contribution is -0.142. The van der Waals surface area contributed by atoms with E-state index in [1.54, 1.807) is 23.3 Å². The van der Waals surface area contributed by atoms with E-state index in [2.05, 4.69) is 4.90 Å². The van der Waals surface area contributed by atoms with Crippen LogP contribution in [0.15, 0.2) is 64.5 Å². The lowest BCUT2D eigenvalue weighted by Crippen LogP contribution is -2.55. The fourth-order valence-corrected chi connectivity index (χ4v) is 7.61. The summed E-state index contributed by atoms with van der Waals surface area (Å²) in [7, 11) is 0. The maximum Gasteiger partial charge on any atom is 0.310 e.